The van der Waals surface area contributed by atoms with E-state index >= 15 is 0 Å². The first-order valence-electron chi connectivity index (χ1n) is 5.65. The Morgan fingerprint density at radius 2 is 2.11 bits per heavy atom. The molecular weight excluding hydrogens is 272 g/mol. The Kier molecular flexibility index (Phi) is 4.84. The predicted octanol–water partition coefficient (Wildman–Crippen LogP) is 1.18. The molecule has 0 spiro atoms. The highest BCUT2D eigenvalue weighted by Crippen LogP contribution is 2.28. The second-order valence-electron chi connectivity index (χ2n) is 4.14. The molecule has 2 N–H and O–H groups in total. The summed E-state index contributed by atoms with van der Waals surface area (Å²) in [4.78, 5) is 10.2. The highest BCUT2D eigenvalue weighted by atomic mass is 32.2. The number of aliphatic hydroxyl groups is 1. The third kappa shape index (κ3) is 3.90. The second kappa shape index (κ2) is 5.98. The maximum atomic E-state index is 11.4. The zero-order valence-electron chi connectivity index (χ0n) is 10.7. The Bertz CT molecular complexity index is 566. The summed E-state index contributed by atoms with van der Waals surface area (Å²) in [5.74, 6) is 0. The Hall–Kier alpha value is -1.67. The maximum absolute atomic E-state index is 11.4. The number of sulfone groups is 1. The zero-order chi connectivity index (χ0) is 14.6. The molecule has 106 valence electrons. The topological polar surface area (TPSA) is 110 Å². The van der Waals surface area contributed by atoms with E-state index in [4.69, 9.17) is 5.11 Å². The molecule has 0 fully saturated rings. The van der Waals surface area contributed by atoms with Gasteiger partial charge in [0.1, 0.15) is 5.69 Å². The summed E-state index contributed by atoms with van der Waals surface area (Å²) in [6, 6.07) is 3.34. The van der Waals surface area contributed by atoms with Crippen molar-refractivity contribution in [3.8, 4) is 0 Å². The number of rotatable bonds is 6. The highest BCUT2D eigenvalue weighted by molar-refractivity contribution is 7.90. The number of nitrogens with one attached hydrogen (secondary N) is 1. The summed E-state index contributed by atoms with van der Waals surface area (Å²) in [6.45, 7) is 1.66. The van der Waals surface area contributed by atoms with Crippen molar-refractivity contribution in [3.63, 3.8) is 0 Å². The molecule has 0 radical (unpaired) electrons. The molecule has 0 aliphatic heterocycles. The Morgan fingerprint density at radius 3 is 2.53 bits per heavy atom. The Balaban J connectivity index is 3.23. The van der Waals surface area contributed by atoms with Crippen molar-refractivity contribution in [2.45, 2.75) is 24.3 Å². The molecule has 0 aliphatic carbocycles. The number of hydrogen-bond donors (Lipinski definition) is 2. The summed E-state index contributed by atoms with van der Waals surface area (Å²) in [7, 11) is -3.50. The first-order valence-corrected chi connectivity index (χ1v) is 7.54. The van der Waals surface area contributed by atoms with E-state index in [2.05, 4.69) is 5.32 Å². The smallest absolute Gasteiger partial charge is 0.293 e. The number of aliphatic hydroxyl groups excluding tert-OH is 1. The van der Waals surface area contributed by atoms with Gasteiger partial charge in [0.25, 0.3) is 5.69 Å². The van der Waals surface area contributed by atoms with Crippen LogP contribution in [0.3, 0.4) is 0 Å². The zero-order valence-corrected chi connectivity index (χ0v) is 11.5. The summed E-state index contributed by atoms with van der Waals surface area (Å²) >= 11 is 0. The van der Waals surface area contributed by atoms with Gasteiger partial charge in [-0.05, 0) is 18.6 Å². The minimum absolute atomic E-state index is 0.109. The van der Waals surface area contributed by atoms with Gasteiger partial charge in [-0.1, -0.05) is 6.92 Å². The molecule has 0 saturated heterocycles. The molecule has 0 bridgehead atoms. The van der Waals surface area contributed by atoms with Crippen LogP contribution in [-0.4, -0.2) is 37.4 Å². The van der Waals surface area contributed by atoms with Gasteiger partial charge in [-0.3, -0.25) is 10.1 Å². The Morgan fingerprint density at radius 1 is 1.47 bits per heavy atom. The monoisotopic (exact) mass is 288 g/mol. The molecule has 19 heavy (non-hydrogen) atoms. The van der Waals surface area contributed by atoms with Crippen LogP contribution in [-0.2, 0) is 9.84 Å². The third-order valence-electron chi connectivity index (χ3n) is 2.67. The lowest BCUT2D eigenvalue weighted by Crippen LogP contribution is -2.23. The summed E-state index contributed by atoms with van der Waals surface area (Å²) < 4.78 is 22.7. The Labute approximate surface area is 111 Å². The first-order chi connectivity index (χ1) is 8.79. The van der Waals surface area contributed by atoms with Crippen molar-refractivity contribution in [2.24, 2.45) is 0 Å². The lowest BCUT2D eigenvalue weighted by Gasteiger charge is -2.15. The fraction of sp³-hybridized carbons (Fsp3) is 0.455. The third-order valence-corrected chi connectivity index (χ3v) is 3.78. The van der Waals surface area contributed by atoms with Crippen LogP contribution < -0.4 is 5.32 Å². The molecule has 1 aromatic rings. The largest absolute Gasteiger partial charge is 0.394 e. The number of benzene rings is 1. The molecule has 0 saturated carbocycles. The van der Waals surface area contributed by atoms with Crippen molar-refractivity contribution >= 4 is 21.2 Å². The lowest BCUT2D eigenvalue weighted by molar-refractivity contribution is -0.384. The molecular formula is C11H16N2O5S. The van der Waals surface area contributed by atoms with Gasteiger partial charge in [0.15, 0.2) is 9.84 Å². The minimum atomic E-state index is -3.50. The van der Waals surface area contributed by atoms with Crippen molar-refractivity contribution in [2.75, 3.05) is 18.2 Å². The van der Waals surface area contributed by atoms with E-state index < -0.39 is 14.8 Å². The number of hydrogen-bond acceptors (Lipinski definition) is 6. The van der Waals surface area contributed by atoms with Gasteiger partial charge >= 0.3 is 0 Å². The average Bonchev–Trinajstić information content (AvgIpc) is 2.34. The van der Waals surface area contributed by atoms with Gasteiger partial charge in [0.2, 0.25) is 0 Å². The molecule has 8 heteroatoms. The fourth-order valence-electron chi connectivity index (χ4n) is 1.51. The molecule has 0 amide bonds. The van der Waals surface area contributed by atoms with Gasteiger partial charge in [-0.15, -0.1) is 0 Å². The maximum Gasteiger partial charge on any atom is 0.293 e. The van der Waals surface area contributed by atoms with E-state index in [0.29, 0.717) is 6.42 Å². The van der Waals surface area contributed by atoms with Gasteiger partial charge in [-0.2, -0.15) is 0 Å². The number of nitro benzene ring substituents is 1. The summed E-state index contributed by atoms with van der Waals surface area (Å²) in [5, 5.41) is 22.9. The van der Waals surface area contributed by atoms with E-state index in [1.807, 2.05) is 6.92 Å². The average molecular weight is 288 g/mol. The van der Waals surface area contributed by atoms with Crippen LogP contribution in [0.5, 0.6) is 0 Å². The number of anilines is 1. The molecule has 1 aromatic carbocycles. The standard InChI is InChI=1S/C11H16N2O5S/c1-3-8(7-14)12-10-5-4-9(19(2,17)18)6-11(10)13(15)16/h4-6,8,12,14H,3,7H2,1-2H3/t8-/m0/s1. The van der Waals surface area contributed by atoms with E-state index in [9.17, 15) is 18.5 Å². The van der Waals surface area contributed by atoms with Gasteiger partial charge in [0.05, 0.1) is 16.4 Å². The van der Waals surface area contributed by atoms with E-state index in [1.54, 1.807) is 0 Å². The van der Waals surface area contributed by atoms with Crippen LogP contribution in [0, 0.1) is 10.1 Å². The molecule has 7 nitrogen and oxygen atoms in total. The lowest BCUT2D eigenvalue weighted by atomic mass is 10.2. The summed E-state index contributed by atoms with van der Waals surface area (Å²) in [5.41, 5.74) is -0.131. The van der Waals surface area contributed by atoms with Crippen molar-refractivity contribution in [1.29, 1.82) is 0 Å². The molecule has 0 aromatic heterocycles. The normalized spacial score (nSPS) is 13.0. The molecule has 0 unspecified atom stereocenters. The minimum Gasteiger partial charge on any atom is -0.394 e. The van der Waals surface area contributed by atoms with Crippen LogP contribution in [0.2, 0.25) is 0 Å². The van der Waals surface area contributed by atoms with Crippen LogP contribution in [0.4, 0.5) is 11.4 Å². The van der Waals surface area contributed by atoms with Gasteiger partial charge < -0.3 is 10.4 Å². The molecule has 1 atom stereocenters. The first kappa shape index (κ1) is 15.4. The fourth-order valence-corrected chi connectivity index (χ4v) is 2.15. The van der Waals surface area contributed by atoms with Crippen LogP contribution >= 0.6 is 0 Å². The van der Waals surface area contributed by atoms with E-state index in [0.717, 1.165) is 12.3 Å². The second-order valence-corrected chi connectivity index (χ2v) is 6.16. The number of nitrogens with zero attached hydrogens (tertiary/aromatic N) is 1. The number of nitro groups is 1. The SMILES string of the molecule is CC[C@@H](CO)Nc1ccc(S(C)(=O)=O)cc1[N+](=O)[O-]. The van der Waals surface area contributed by atoms with Gasteiger partial charge in [0, 0.05) is 18.4 Å². The van der Waals surface area contributed by atoms with Gasteiger partial charge in [-0.25, -0.2) is 8.42 Å². The van der Waals surface area contributed by atoms with Crippen LogP contribution in [0.25, 0.3) is 0 Å². The van der Waals surface area contributed by atoms with Crippen LogP contribution in [0.15, 0.2) is 23.1 Å². The molecule has 0 heterocycles. The molecule has 0 aliphatic rings. The highest BCUT2D eigenvalue weighted by Gasteiger charge is 2.20. The van der Waals surface area contributed by atoms with Crippen molar-refractivity contribution in [3.05, 3.63) is 28.3 Å². The van der Waals surface area contributed by atoms with Crippen molar-refractivity contribution < 1.29 is 18.4 Å². The van der Waals surface area contributed by atoms with Crippen LogP contribution in [0.1, 0.15) is 13.3 Å². The van der Waals surface area contributed by atoms with E-state index in [-0.39, 0.29) is 28.9 Å². The molecule has 1 rings (SSSR count). The van der Waals surface area contributed by atoms with E-state index in [1.165, 1.54) is 12.1 Å². The van der Waals surface area contributed by atoms with Crippen molar-refractivity contribution in [1.82, 2.24) is 0 Å². The predicted molar refractivity (Wildman–Crippen MR) is 71.0 cm³/mol. The quantitative estimate of drug-likeness (QED) is 0.601. The summed E-state index contributed by atoms with van der Waals surface area (Å²) in [6.07, 6.45) is 1.57.